The molecule has 2 N–H and O–H groups in total. The van der Waals surface area contributed by atoms with Crippen molar-refractivity contribution in [1.29, 1.82) is 0 Å². The molecule has 0 saturated heterocycles. The summed E-state index contributed by atoms with van der Waals surface area (Å²) < 4.78 is 18.7. The molecule has 1 atom stereocenters. The summed E-state index contributed by atoms with van der Waals surface area (Å²) in [5.74, 6) is 0.583. The van der Waals surface area contributed by atoms with Crippen LogP contribution in [0.3, 0.4) is 0 Å². The maximum Gasteiger partial charge on any atom is 0.146 e. The molecular formula is C16H17ClFNO. The van der Waals surface area contributed by atoms with E-state index in [1.165, 1.54) is 12.1 Å². The molecule has 0 spiro atoms. The van der Waals surface area contributed by atoms with Gasteiger partial charge in [0.2, 0.25) is 0 Å². The zero-order valence-corrected chi connectivity index (χ0v) is 12.0. The van der Waals surface area contributed by atoms with Crippen molar-refractivity contribution < 1.29 is 9.13 Å². The summed E-state index contributed by atoms with van der Waals surface area (Å²) in [4.78, 5) is 0. The van der Waals surface area contributed by atoms with Crippen molar-refractivity contribution in [3.8, 4) is 11.5 Å². The van der Waals surface area contributed by atoms with Crippen LogP contribution in [0, 0.1) is 5.82 Å². The summed E-state index contributed by atoms with van der Waals surface area (Å²) in [6.07, 6.45) is 1.69. The van der Waals surface area contributed by atoms with Gasteiger partial charge in [0.15, 0.2) is 0 Å². The lowest BCUT2D eigenvalue weighted by atomic mass is 10.0. The average Bonchev–Trinajstić information content (AvgIpc) is 2.42. The monoisotopic (exact) mass is 293 g/mol. The third kappa shape index (κ3) is 3.95. The predicted octanol–water partition coefficient (Wildman–Crippen LogP) is 4.55. The first-order chi connectivity index (χ1) is 9.58. The summed E-state index contributed by atoms with van der Waals surface area (Å²) in [5.41, 5.74) is 6.98. The zero-order chi connectivity index (χ0) is 14.5. The zero-order valence-electron chi connectivity index (χ0n) is 11.3. The smallest absolute Gasteiger partial charge is 0.146 e. The van der Waals surface area contributed by atoms with Crippen LogP contribution in [-0.4, -0.2) is 6.04 Å². The molecule has 0 saturated carbocycles. The molecular weight excluding hydrogens is 277 g/mol. The molecule has 0 radical (unpaired) electrons. The number of hydrogen-bond acceptors (Lipinski definition) is 2. The summed E-state index contributed by atoms with van der Waals surface area (Å²) in [7, 11) is 0. The number of rotatable bonds is 5. The molecule has 1 unspecified atom stereocenters. The van der Waals surface area contributed by atoms with Gasteiger partial charge in [0.25, 0.3) is 0 Å². The third-order valence-electron chi connectivity index (χ3n) is 3.04. The summed E-state index contributed by atoms with van der Waals surface area (Å²) in [6.45, 7) is 2.05. The second-order valence-electron chi connectivity index (χ2n) is 4.70. The van der Waals surface area contributed by atoms with Crippen LogP contribution in [0.4, 0.5) is 4.39 Å². The van der Waals surface area contributed by atoms with Gasteiger partial charge in [0, 0.05) is 12.1 Å². The van der Waals surface area contributed by atoms with Crippen molar-refractivity contribution in [3.63, 3.8) is 0 Å². The quantitative estimate of drug-likeness (QED) is 0.877. The van der Waals surface area contributed by atoms with Gasteiger partial charge in [0.05, 0.1) is 5.02 Å². The van der Waals surface area contributed by atoms with Crippen molar-refractivity contribution in [3.05, 3.63) is 58.9 Å². The predicted molar refractivity (Wildman–Crippen MR) is 79.9 cm³/mol. The Bertz CT molecular complexity index is 588. The van der Waals surface area contributed by atoms with Crippen molar-refractivity contribution in [1.82, 2.24) is 0 Å². The van der Waals surface area contributed by atoms with Crippen LogP contribution in [0.2, 0.25) is 5.02 Å². The van der Waals surface area contributed by atoms with Gasteiger partial charge < -0.3 is 10.5 Å². The van der Waals surface area contributed by atoms with Gasteiger partial charge in [-0.1, -0.05) is 30.7 Å². The first-order valence-corrected chi connectivity index (χ1v) is 6.93. The summed E-state index contributed by atoms with van der Waals surface area (Å²) in [5, 5.41) is 0.495. The van der Waals surface area contributed by atoms with Crippen molar-refractivity contribution in [2.45, 2.75) is 25.8 Å². The molecule has 0 aliphatic rings. The largest absolute Gasteiger partial charge is 0.456 e. The molecule has 4 heteroatoms. The Balaban J connectivity index is 2.13. The number of halogens is 2. The van der Waals surface area contributed by atoms with Crippen LogP contribution >= 0.6 is 11.6 Å². The van der Waals surface area contributed by atoms with Crippen LogP contribution in [0.15, 0.2) is 42.5 Å². The van der Waals surface area contributed by atoms with Gasteiger partial charge in [0.1, 0.15) is 17.3 Å². The van der Waals surface area contributed by atoms with E-state index in [2.05, 4.69) is 0 Å². The fraction of sp³-hybridized carbons (Fsp3) is 0.250. The molecule has 106 valence electrons. The van der Waals surface area contributed by atoms with Crippen LogP contribution in [0.25, 0.3) is 0 Å². The van der Waals surface area contributed by atoms with Crippen LogP contribution < -0.4 is 10.5 Å². The van der Waals surface area contributed by atoms with E-state index in [1.807, 2.05) is 19.1 Å². The van der Waals surface area contributed by atoms with Gasteiger partial charge in [-0.15, -0.1) is 0 Å². The fourth-order valence-corrected chi connectivity index (χ4v) is 2.10. The molecule has 0 aromatic heterocycles. The first-order valence-electron chi connectivity index (χ1n) is 6.56. The van der Waals surface area contributed by atoms with Crippen molar-refractivity contribution in [2.75, 3.05) is 0 Å². The highest BCUT2D eigenvalue weighted by Crippen LogP contribution is 2.30. The second kappa shape index (κ2) is 6.73. The van der Waals surface area contributed by atoms with E-state index in [-0.39, 0.29) is 11.9 Å². The van der Waals surface area contributed by atoms with Crippen LogP contribution in [0.5, 0.6) is 11.5 Å². The topological polar surface area (TPSA) is 35.2 Å². The van der Waals surface area contributed by atoms with E-state index >= 15 is 0 Å². The SMILES string of the molecule is CCC(N)Cc1ccc(Oc2cccc(F)c2)c(Cl)c1. The molecule has 0 bridgehead atoms. The number of nitrogens with two attached hydrogens (primary N) is 1. The maximum atomic E-state index is 13.1. The minimum absolute atomic E-state index is 0.126. The lowest BCUT2D eigenvalue weighted by Gasteiger charge is -2.11. The Morgan fingerprint density at radius 3 is 2.70 bits per heavy atom. The van der Waals surface area contributed by atoms with Gasteiger partial charge in [-0.25, -0.2) is 4.39 Å². The lowest BCUT2D eigenvalue weighted by molar-refractivity contribution is 0.476. The highest BCUT2D eigenvalue weighted by Gasteiger charge is 2.07. The molecule has 0 heterocycles. The molecule has 0 fully saturated rings. The average molecular weight is 294 g/mol. The molecule has 0 amide bonds. The number of ether oxygens (including phenoxy) is 1. The Hall–Kier alpha value is -1.58. The van der Waals surface area contributed by atoms with E-state index in [0.29, 0.717) is 16.5 Å². The normalized spacial score (nSPS) is 12.2. The minimum Gasteiger partial charge on any atom is -0.456 e. The van der Waals surface area contributed by atoms with Crippen LogP contribution in [0.1, 0.15) is 18.9 Å². The summed E-state index contributed by atoms with van der Waals surface area (Å²) in [6, 6.07) is 11.6. The molecule has 2 aromatic rings. The van der Waals surface area contributed by atoms with E-state index in [4.69, 9.17) is 22.1 Å². The first kappa shape index (κ1) is 14.8. The Morgan fingerprint density at radius 2 is 2.05 bits per heavy atom. The second-order valence-corrected chi connectivity index (χ2v) is 5.10. The van der Waals surface area contributed by atoms with Crippen LogP contribution in [-0.2, 0) is 6.42 Å². The molecule has 2 rings (SSSR count). The maximum absolute atomic E-state index is 13.1. The van der Waals surface area contributed by atoms with E-state index in [9.17, 15) is 4.39 Å². The van der Waals surface area contributed by atoms with E-state index < -0.39 is 0 Å². The van der Waals surface area contributed by atoms with E-state index in [1.54, 1.807) is 18.2 Å². The molecule has 2 nitrogen and oxygen atoms in total. The summed E-state index contributed by atoms with van der Waals surface area (Å²) >= 11 is 6.19. The number of hydrogen-bond donors (Lipinski definition) is 1. The fourth-order valence-electron chi connectivity index (χ4n) is 1.86. The van der Waals surface area contributed by atoms with Gasteiger partial charge in [-0.2, -0.15) is 0 Å². The minimum atomic E-state index is -0.343. The molecule has 2 aromatic carbocycles. The van der Waals surface area contributed by atoms with Crippen molar-refractivity contribution >= 4 is 11.6 Å². The Labute approximate surface area is 123 Å². The van der Waals surface area contributed by atoms with Gasteiger partial charge >= 0.3 is 0 Å². The van der Waals surface area contributed by atoms with Gasteiger partial charge in [-0.05, 0) is 42.7 Å². The van der Waals surface area contributed by atoms with E-state index in [0.717, 1.165) is 18.4 Å². The van der Waals surface area contributed by atoms with Crippen molar-refractivity contribution in [2.24, 2.45) is 5.73 Å². The molecule has 20 heavy (non-hydrogen) atoms. The highest BCUT2D eigenvalue weighted by molar-refractivity contribution is 6.32. The highest BCUT2D eigenvalue weighted by atomic mass is 35.5. The third-order valence-corrected chi connectivity index (χ3v) is 3.34. The lowest BCUT2D eigenvalue weighted by Crippen LogP contribution is -2.21. The Kier molecular flexibility index (Phi) is 4.99. The van der Waals surface area contributed by atoms with Gasteiger partial charge in [-0.3, -0.25) is 0 Å². The molecule has 0 aliphatic carbocycles. The number of benzene rings is 2. The standard InChI is InChI=1S/C16H17ClFNO/c1-2-13(19)8-11-6-7-16(15(17)9-11)20-14-5-3-4-12(18)10-14/h3-7,9-10,13H,2,8,19H2,1H3. The molecule has 0 aliphatic heterocycles. The Morgan fingerprint density at radius 1 is 1.25 bits per heavy atom.